The quantitative estimate of drug-likeness (QED) is 0.756. The summed E-state index contributed by atoms with van der Waals surface area (Å²) in [6, 6.07) is -0.209. The van der Waals surface area contributed by atoms with Gasteiger partial charge in [0.05, 0.1) is 0 Å². The van der Waals surface area contributed by atoms with E-state index in [2.05, 4.69) is 4.98 Å². The summed E-state index contributed by atoms with van der Waals surface area (Å²) < 4.78 is 0.901. The number of piperidine rings is 1. The van der Waals surface area contributed by atoms with Gasteiger partial charge in [0.15, 0.2) is 0 Å². The average Bonchev–Trinajstić information content (AvgIpc) is 2.44. The lowest BCUT2D eigenvalue weighted by Gasteiger charge is -2.37. The number of hydrogen-bond donors (Lipinski definition) is 2. The van der Waals surface area contributed by atoms with Crippen LogP contribution >= 0.6 is 0 Å². The summed E-state index contributed by atoms with van der Waals surface area (Å²) >= 11 is 0. The highest BCUT2D eigenvalue weighted by molar-refractivity contribution is 5.93. The first-order valence-electron chi connectivity index (χ1n) is 6.78. The van der Waals surface area contributed by atoms with E-state index in [1.807, 2.05) is 6.92 Å². The third-order valence-corrected chi connectivity index (χ3v) is 3.83. The smallest absolute Gasteiger partial charge is 0.328 e. The Morgan fingerprint density at radius 1 is 1.45 bits per heavy atom. The van der Waals surface area contributed by atoms with Crippen LogP contribution in [-0.2, 0) is 7.05 Å². The van der Waals surface area contributed by atoms with Crippen LogP contribution in [0.3, 0.4) is 0 Å². The highest BCUT2D eigenvalue weighted by Crippen LogP contribution is 2.20. The Bertz CT molecular complexity index is 617. The van der Waals surface area contributed by atoms with E-state index in [1.54, 1.807) is 4.90 Å². The fourth-order valence-electron chi connectivity index (χ4n) is 2.63. The zero-order valence-electron chi connectivity index (χ0n) is 11.8. The molecule has 0 saturated carbocycles. The number of hydrogen-bond acceptors (Lipinski definition) is 4. The molecule has 2 rings (SSSR count). The van der Waals surface area contributed by atoms with Gasteiger partial charge >= 0.3 is 5.69 Å². The number of nitrogens with one attached hydrogen (secondary N) is 1. The van der Waals surface area contributed by atoms with Crippen LogP contribution in [0.25, 0.3) is 0 Å². The van der Waals surface area contributed by atoms with Gasteiger partial charge in [0, 0.05) is 31.9 Å². The van der Waals surface area contributed by atoms with Crippen LogP contribution in [0.1, 0.15) is 36.5 Å². The van der Waals surface area contributed by atoms with Crippen LogP contribution < -0.4 is 17.0 Å². The Morgan fingerprint density at radius 2 is 2.15 bits per heavy atom. The summed E-state index contributed by atoms with van der Waals surface area (Å²) in [5.74, 6) is -0.358. The Morgan fingerprint density at radius 3 is 2.80 bits per heavy atom. The van der Waals surface area contributed by atoms with Crippen molar-refractivity contribution in [3.05, 3.63) is 32.6 Å². The summed E-state index contributed by atoms with van der Waals surface area (Å²) in [7, 11) is 1.34. The van der Waals surface area contributed by atoms with E-state index in [0.717, 1.165) is 23.8 Å². The maximum Gasteiger partial charge on any atom is 0.328 e. The fraction of sp³-hybridized carbons (Fsp3) is 0.615. The number of aromatic nitrogens is 2. The number of nitrogens with two attached hydrogens (primary N) is 1. The van der Waals surface area contributed by atoms with Gasteiger partial charge in [-0.05, 0) is 26.2 Å². The minimum absolute atomic E-state index is 0.0142. The van der Waals surface area contributed by atoms with Crippen molar-refractivity contribution in [3.63, 3.8) is 0 Å². The molecule has 7 nitrogen and oxygen atoms in total. The van der Waals surface area contributed by atoms with Crippen molar-refractivity contribution >= 4 is 5.91 Å². The van der Waals surface area contributed by atoms with Gasteiger partial charge in [0.1, 0.15) is 5.56 Å². The van der Waals surface area contributed by atoms with Crippen LogP contribution in [0.4, 0.5) is 0 Å². The maximum absolute atomic E-state index is 12.5. The molecule has 1 fully saturated rings. The summed E-state index contributed by atoms with van der Waals surface area (Å²) in [5, 5.41) is 0. The van der Waals surface area contributed by atoms with Crippen molar-refractivity contribution in [1.82, 2.24) is 14.5 Å². The normalized spacial score (nSPS) is 20.8. The molecule has 1 aromatic heterocycles. The van der Waals surface area contributed by atoms with Crippen molar-refractivity contribution in [2.24, 2.45) is 12.8 Å². The molecule has 2 heterocycles. The van der Waals surface area contributed by atoms with Gasteiger partial charge in [-0.3, -0.25) is 14.2 Å². The highest BCUT2D eigenvalue weighted by atomic mass is 16.2. The van der Waals surface area contributed by atoms with Crippen molar-refractivity contribution in [1.29, 1.82) is 0 Å². The van der Waals surface area contributed by atoms with E-state index in [-0.39, 0.29) is 23.6 Å². The number of amides is 1. The van der Waals surface area contributed by atoms with Crippen LogP contribution in [0.2, 0.25) is 0 Å². The summed E-state index contributed by atoms with van der Waals surface area (Å²) in [4.78, 5) is 39.9. The zero-order chi connectivity index (χ0) is 14.9. The van der Waals surface area contributed by atoms with Gasteiger partial charge in [-0.25, -0.2) is 4.79 Å². The first-order chi connectivity index (χ1) is 9.43. The number of carbonyl (C=O) groups excluding carboxylic acids is 1. The molecule has 0 aliphatic carbocycles. The van der Waals surface area contributed by atoms with Crippen molar-refractivity contribution in [2.45, 2.75) is 38.3 Å². The van der Waals surface area contributed by atoms with Crippen LogP contribution in [0.5, 0.6) is 0 Å². The molecule has 1 saturated heterocycles. The minimum Gasteiger partial charge on any atom is -0.334 e. The Labute approximate surface area is 116 Å². The van der Waals surface area contributed by atoms with Crippen molar-refractivity contribution < 1.29 is 4.79 Å². The second kappa shape index (κ2) is 5.62. The van der Waals surface area contributed by atoms with E-state index in [1.165, 1.54) is 13.2 Å². The highest BCUT2D eigenvalue weighted by Gasteiger charge is 2.31. The minimum atomic E-state index is -0.576. The third kappa shape index (κ3) is 2.53. The average molecular weight is 280 g/mol. The molecule has 1 aliphatic heterocycles. The van der Waals surface area contributed by atoms with E-state index in [4.69, 9.17) is 5.73 Å². The maximum atomic E-state index is 12.5. The van der Waals surface area contributed by atoms with E-state index in [9.17, 15) is 14.4 Å². The largest absolute Gasteiger partial charge is 0.334 e. The number of carbonyl (C=O) groups is 1. The van der Waals surface area contributed by atoms with Gasteiger partial charge in [-0.2, -0.15) is 0 Å². The molecule has 0 unspecified atom stereocenters. The topological polar surface area (TPSA) is 101 Å². The third-order valence-electron chi connectivity index (χ3n) is 3.83. The van der Waals surface area contributed by atoms with E-state index in [0.29, 0.717) is 6.54 Å². The molecule has 110 valence electrons. The molecule has 0 bridgehead atoms. The van der Waals surface area contributed by atoms with Crippen LogP contribution in [-0.4, -0.2) is 39.0 Å². The molecule has 0 radical (unpaired) electrons. The van der Waals surface area contributed by atoms with E-state index >= 15 is 0 Å². The second-order valence-electron chi connectivity index (χ2n) is 5.29. The number of H-pyrrole nitrogens is 1. The molecule has 20 heavy (non-hydrogen) atoms. The molecule has 3 N–H and O–H groups in total. The summed E-state index contributed by atoms with van der Waals surface area (Å²) in [6.45, 7) is 2.45. The number of likely N-dealkylation sites (tertiary alicyclic amines) is 1. The fourth-order valence-corrected chi connectivity index (χ4v) is 2.63. The standard InChI is InChI=1S/C13H20N4O3/c1-8(14)10-5-3-4-6-17(10)12(19)9-7-15-13(20)16(2)11(9)18/h7-8,10H,3-6,14H2,1-2H3,(H,15,20)/t8-,10-/m1/s1. The summed E-state index contributed by atoms with van der Waals surface area (Å²) in [5.41, 5.74) is 4.81. The Balaban J connectivity index is 2.38. The molecule has 0 aromatic carbocycles. The molecular formula is C13H20N4O3. The van der Waals surface area contributed by atoms with Crippen LogP contribution in [0, 0.1) is 0 Å². The predicted molar refractivity (Wildman–Crippen MR) is 74.6 cm³/mol. The SMILES string of the molecule is C[C@@H](N)[C@H]1CCCCN1C(=O)c1c[nH]c(=O)n(C)c1=O. The molecule has 1 aromatic rings. The number of aromatic amines is 1. The molecule has 1 aliphatic rings. The van der Waals surface area contributed by atoms with Gasteiger partial charge in [0.2, 0.25) is 0 Å². The Hall–Kier alpha value is -1.89. The monoisotopic (exact) mass is 280 g/mol. The molecule has 2 atom stereocenters. The molecular weight excluding hydrogens is 260 g/mol. The second-order valence-corrected chi connectivity index (χ2v) is 5.29. The first-order valence-corrected chi connectivity index (χ1v) is 6.78. The number of nitrogens with zero attached hydrogens (tertiary/aromatic N) is 2. The van der Waals surface area contributed by atoms with Gasteiger partial charge in [0.25, 0.3) is 11.5 Å². The van der Waals surface area contributed by atoms with Crippen LogP contribution in [0.15, 0.2) is 15.8 Å². The molecule has 7 heteroatoms. The van der Waals surface area contributed by atoms with Crippen molar-refractivity contribution in [2.75, 3.05) is 6.54 Å². The number of rotatable bonds is 2. The van der Waals surface area contributed by atoms with E-state index < -0.39 is 11.2 Å². The predicted octanol–water partition coefficient (Wildman–Crippen LogP) is -0.584. The first kappa shape index (κ1) is 14.5. The lowest BCUT2D eigenvalue weighted by molar-refractivity contribution is 0.0580. The lowest BCUT2D eigenvalue weighted by atomic mass is 9.96. The molecule has 1 amide bonds. The zero-order valence-corrected chi connectivity index (χ0v) is 11.8. The van der Waals surface area contributed by atoms with Gasteiger partial charge in [-0.15, -0.1) is 0 Å². The molecule has 0 spiro atoms. The van der Waals surface area contributed by atoms with Gasteiger partial charge in [-0.1, -0.05) is 0 Å². The lowest BCUT2D eigenvalue weighted by Crippen LogP contribution is -2.53. The summed E-state index contributed by atoms with van der Waals surface area (Å²) in [6.07, 6.45) is 3.96. The van der Waals surface area contributed by atoms with Gasteiger partial charge < -0.3 is 15.6 Å². The Kier molecular flexibility index (Phi) is 4.08. The van der Waals surface area contributed by atoms with Crippen molar-refractivity contribution in [3.8, 4) is 0 Å².